The third kappa shape index (κ3) is 2.02. The minimum absolute atomic E-state index is 0.401. The lowest BCUT2D eigenvalue weighted by Crippen LogP contribution is -2.23. The summed E-state index contributed by atoms with van der Waals surface area (Å²) >= 11 is 3.30. The highest BCUT2D eigenvalue weighted by atomic mass is 79.9. The summed E-state index contributed by atoms with van der Waals surface area (Å²) in [6.45, 7) is 0. The van der Waals surface area contributed by atoms with E-state index in [1.54, 1.807) is 48.5 Å². The Morgan fingerprint density at radius 3 is 2.47 bits per heavy atom. The van der Waals surface area contributed by atoms with E-state index >= 15 is 0 Å². The van der Waals surface area contributed by atoms with Gasteiger partial charge in [0.25, 0.3) is 5.91 Å². The first-order valence-corrected chi connectivity index (χ1v) is 6.37. The molecule has 0 aliphatic rings. The van der Waals surface area contributed by atoms with E-state index in [2.05, 4.69) is 15.9 Å². The lowest BCUT2D eigenvalue weighted by molar-refractivity contribution is 0.0956. The van der Waals surface area contributed by atoms with Crippen LogP contribution in [0, 0.1) is 0 Å². The second-order valence-corrected chi connectivity index (χ2v) is 4.90. The molecule has 1 aromatic heterocycles. The van der Waals surface area contributed by atoms with Crippen LogP contribution >= 0.6 is 15.9 Å². The van der Waals surface area contributed by atoms with Crippen LogP contribution in [0.4, 0.5) is 0 Å². The molecule has 0 atom stereocenters. The molecule has 0 saturated carbocycles. The van der Waals surface area contributed by atoms with E-state index in [1.165, 1.54) is 0 Å². The SMILES string of the molecule is O=C(c1ccc(Br)cc1)n1c(=O)oc2ccccc21. The monoisotopic (exact) mass is 317 g/mol. The van der Waals surface area contributed by atoms with E-state index in [4.69, 9.17) is 4.42 Å². The smallest absolute Gasteiger partial charge is 0.407 e. The van der Waals surface area contributed by atoms with Crippen molar-refractivity contribution in [3.05, 3.63) is 69.1 Å². The molecule has 0 bridgehead atoms. The van der Waals surface area contributed by atoms with Crippen LogP contribution in [0.3, 0.4) is 0 Å². The number of carbonyl (C=O) groups excluding carboxylic acids is 1. The molecular formula is C14H8BrNO3. The van der Waals surface area contributed by atoms with E-state index < -0.39 is 11.7 Å². The number of aromatic nitrogens is 1. The van der Waals surface area contributed by atoms with Gasteiger partial charge in [0.05, 0.1) is 5.52 Å². The van der Waals surface area contributed by atoms with Crippen LogP contribution < -0.4 is 5.76 Å². The highest BCUT2D eigenvalue weighted by Crippen LogP contribution is 2.15. The summed E-state index contributed by atoms with van der Waals surface area (Å²) < 4.78 is 6.95. The van der Waals surface area contributed by atoms with Crippen molar-refractivity contribution in [1.82, 2.24) is 4.57 Å². The van der Waals surface area contributed by atoms with Crippen molar-refractivity contribution in [2.75, 3.05) is 0 Å². The molecule has 0 radical (unpaired) electrons. The van der Waals surface area contributed by atoms with E-state index in [0.29, 0.717) is 16.7 Å². The van der Waals surface area contributed by atoms with Crippen LogP contribution in [-0.4, -0.2) is 10.5 Å². The summed E-state index contributed by atoms with van der Waals surface area (Å²) in [6, 6.07) is 13.6. The van der Waals surface area contributed by atoms with Crippen molar-refractivity contribution in [3.63, 3.8) is 0 Å². The molecule has 4 nitrogen and oxygen atoms in total. The molecule has 0 aliphatic heterocycles. The van der Waals surface area contributed by atoms with E-state index in [-0.39, 0.29) is 0 Å². The van der Waals surface area contributed by atoms with Crippen molar-refractivity contribution in [1.29, 1.82) is 0 Å². The van der Waals surface area contributed by atoms with Crippen LogP contribution in [0.2, 0.25) is 0 Å². The molecule has 0 saturated heterocycles. The Morgan fingerprint density at radius 1 is 1.05 bits per heavy atom. The van der Waals surface area contributed by atoms with Crippen LogP contribution in [0.1, 0.15) is 10.4 Å². The Kier molecular flexibility index (Phi) is 2.83. The molecule has 94 valence electrons. The van der Waals surface area contributed by atoms with Crippen LogP contribution in [0.25, 0.3) is 11.1 Å². The minimum Gasteiger partial charge on any atom is -0.407 e. The lowest BCUT2D eigenvalue weighted by atomic mass is 10.2. The second kappa shape index (κ2) is 4.51. The highest BCUT2D eigenvalue weighted by molar-refractivity contribution is 9.10. The maximum Gasteiger partial charge on any atom is 0.427 e. The predicted molar refractivity (Wildman–Crippen MR) is 74.3 cm³/mol. The first kappa shape index (κ1) is 11.9. The number of para-hydroxylation sites is 2. The number of fused-ring (bicyclic) bond motifs is 1. The van der Waals surface area contributed by atoms with Gasteiger partial charge in [-0.15, -0.1) is 0 Å². The van der Waals surface area contributed by atoms with Crippen LogP contribution in [-0.2, 0) is 0 Å². The summed E-state index contributed by atoms with van der Waals surface area (Å²) in [6.07, 6.45) is 0. The van der Waals surface area contributed by atoms with E-state index in [9.17, 15) is 9.59 Å². The summed E-state index contributed by atoms with van der Waals surface area (Å²) in [7, 11) is 0. The van der Waals surface area contributed by atoms with Gasteiger partial charge < -0.3 is 4.42 Å². The van der Waals surface area contributed by atoms with Gasteiger partial charge in [0.1, 0.15) is 0 Å². The molecule has 3 rings (SSSR count). The predicted octanol–water partition coefficient (Wildman–Crippen LogP) is 3.05. The molecule has 3 aromatic rings. The third-order valence-electron chi connectivity index (χ3n) is 2.78. The van der Waals surface area contributed by atoms with Crippen molar-refractivity contribution in [2.24, 2.45) is 0 Å². The summed E-state index contributed by atoms with van der Waals surface area (Å²) in [4.78, 5) is 24.1. The van der Waals surface area contributed by atoms with Crippen molar-refractivity contribution >= 4 is 32.9 Å². The summed E-state index contributed by atoms with van der Waals surface area (Å²) in [5.41, 5.74) is 1.30. The number of carbonyl (C=O) groups is 1. The Bertz CT molecular complexity index is 815. The van der Waals surface area contributed by atoms with Crippen molar-refractivity contribution in [2.45, 2.75) is 0 Å². The van der Waals surface area contributed by atoms with Crippen LogP contribution in [0.15, 0.2) is 62.2 Å². The minimum atomic E-state index is -0.672. The number of rotatable bonds is 1. The highest BCUT2D eigenvalue weighted by Gasteiger charge is 2.16. The number of nitrogens with zero attached hydrogens (tertiary/aromatic N) is 1. The zero-order valence-electron chi connectivity index (χ0n) is 9.67. The summed E-state index contributed by atoms with van der Waals surface area (Å²) in [5, 5.41) is 0. The topological polar surface area (TPSA) is 52.2 Å². The standard InChI is InChI=1S/C14H8BrNO3/c15-10-7-5-9(6-8-10)13(17)16-11-3-1-2-4-12(11)19-14(16)18/h1-8H. The molecule has 0 amide bonds. The fourth-order valence-electron chi connectivity index (χ4n) is 1.88. The Balaban J connectivity index is 2.19. The maximum atomic E-state index is 12.3. The maximum absolute atomic E-state index is 12.3. The Morgan fingerprint density at radius 2 is 1.74 bits per heavy atom. The average Bonchev–Trinajstić information content (AvgIpc) is 2.74. The number of oxazole rings is 1. The van der Waals surface area contributed by atoms with Crippen LogP contribution in [0.5, 0.6) is 0 Å². The first-order chi connectivity index (χ1) is 9.16. The van der Waals surface area contributed by atoms with Gasteiger partial charge in [-0.3, -0.25) is 4.79 Å². The molecule has 0 spiro atoms. The van der Waals surface area contributed by atoms with Gasteiger partial charge in [-0.25, -0.2) is 9.36 Å². The molecule has 0 fully saturated rings. The zero-order chi connectivity index (χ0) is 13.4. The fourth-order valence-corrected chi connectivity index (χ4v) is 2.14. The van der Waals surface area contributed by atoms with Gasteiger partial charge in [-0.1, -0.05) is 28.1 Å². The average molecular weight is 318 g/mol. The van der Waals surface area contributed by atoms with E-state index in [1.807, 2.05) is 0 Å². The van der Waals surface area contributed by atoms with Gasteiger partial charge in [0.15, 0.2) is 5.58 Å². The zero-order valence-corrected chi connectivity index (χ0v) is 11.3. The van der Waals surface area contributed by atoms with Gasteiger partial charge in [-0.05, 0) is 36.4 Å². The number of hydrogen-bond acceptors (Lipinski definition) is 3. The molecule has 1 heterocycles. The van der Waals surface area contributed by atoms with Crippen molar-refractivity contribution in [3.8, 4) is 0 Å². The number of halogens is 1. The molecule has 19 heavy (non-hydrogen) atoms. The Hall–Kier alpha value is -2.14. The number of hydrogen-bond donors (Lipinski definition) is 0. The normalized spacial score (nSPS) is 10.8. The second-order valence-electron chi connectivity index (χ2n) is 3.98. The lowest BCUT2D eigenvalue weighted by Gasteiger charge is -2.01. The molecular weight excluding hydrogens is 310 g/mol. The molecule has 0 aliphatic carbocycles. The van der Waals surface area contributed by atoms with Gasteiger partial charge >= 0.3 is 5.76 Å². The van der Waals surface area contributed by atoms with Gasteiger partial charge in [0, 0.05) is 10.0 Å². The van der Waals surface area contributed by atoms with Gasteiger partial charge in [-0.2, -0.15) is 0 Å². The molecule has 5 heteroatoms. The summed E-state index contributed by atoms with van der Waals surface area (Å²) in [5.74, 6) is -1.07. The molecule has 0 unspecified atom stereocenters. The third-order valence-corrected chi connectivity index (χ3v) is 3.31. The molecule has 2 aromatic carbocycles. The van der Waals surface area contributed by atoms with E-state index in [0.717, 1.165) is 9.04 Å². The Labute approximate surface area is 116 Å². The number of benzene rings is 2. The van der Waals surface area contributed by atoms with Gasteiger partial charge in [0.2, 0.25) is 0 Å². The quantitative estimate of drug-likeness (QED) is 0.693. The largest absolute Gasteiger partial charge is 0.427 e. The van der Waals surface area contributed by atoms with Crippen molar-refractivity contribution < 1.29 is 9.21 Å². The molecule has 0 N–H and O–H groups in total. The first-order valence-electron chi connectivity index (χ1n) is 5.58. The fraction of sp³-hybridized carbons (Fsp3) is 0.